The van der Waals surface area contributed by atoms with Crippen molar-refractivity contribution in [2.75, 3.05) is 5.84 Å². The van der Waals surface area contributed by atoms with Gasteiger partial charge >= 0.3 is 0 Å². The summed E-state index contributed by atoms with van der Waals surface area (Å²) < 4.78 is 1.82. The largest absolute Gasteiger partial charge is 0.335 e. The second-order valence-corrected chi connectivity index (χ2v) is 4.41. The topological polar surface area (TPSA) is 72.5 Å². The highest BCUT2D eigenvalue weighted by atomic mass is 32.1. The highest BCUT2D eigenvalue weighted by molar-refractivity contribution is 7.71. The molecule has 0 aliphatic heterocycles. The van der Waals surface area contributed by atoms with Crippen LogP contribution in [0.3, 0.4) is 0 Å². The van der Waals surface area contributed by atoms with E-state index in [9.17, 15) is 0 Å². The highest BCUT2D eigenvalue weighted by Gasteiger charge is 2.05. The van der Waals surface area contributed by atoms with Gasteiger partial charge in [0.15, 0.2) is 5.82 Å². The van der Waals surface area contributed by atoms with Gasteiger partial charge in [-0.15, -0.1) is 0 Å². The first-order valence-electron chi connectivity index (χ1n) is 5.49. The molecule has 90 valence electrons. The van der Waals surface area contributed by atoms with Crippen molar-refractivity contribution >= 4 is 23.1 Å². The number of hydrogen-bond acceptors (Lipinski definition) is 4. The molecule has 0 spiro atoms. The van der Waals surface area contributed by atoms with E-state index in [2.05, 4.69) is 21.2 Å². The summed E-state index contributed by atoms with van der Waals surface area (Å²) in [5.74, 6) is 6.48. The van der Waals surface area contributed by atoms with E-state index in [0.29, 0.717) is 17.0 Å². The molecular formula is C12H11N5S. The van der Waals surface area contributed by atoms with Crippen LogP contribution in [0.4, 0.5) is 0 Å². The smallest absolute Gasteiger partial charge is 0.214 e. The minimum Gasteiger partial charge on any atom is -0.335 e. The Balaban J connectivity index is 2.00. The Hall–Kier alpha value is -2.21. The fourth-order valence-corrected chi connectivity index (χ4v) is 2.03. The average Bonchev–Trinajstić information content (AvgIpc) is 2.71. The van der Waals surface area contributed by atoms with Gasteiger partial charge in [-0.3, -0.25) is 10.1 Å². The normalized spacial score (nSPS) is 10.9. The average molecular weight is 257 g/mol. The molecule has 3 rings (SSSR count). The van der Waals surface area contributed by atoms with Crippen LogP contribution in [-0.4, -0.2) is 19.9 Å². The molecule has 2 aromatic heterocycles. The van der Waals surface area contributed by atoms with Gasteiger partial charge < -0.3 is 5.84 Å². The molecular weight excluding hydrogens is 246 g/mol. The molecule has 1 aromatic carbocycles. The quantitative estimate of drug-likeness (QED) is 0.542. The van der Waals surface area contributed by atoms with Crippen LogP contribution in [0.25, 0.3) is 10.9 Å². The molecule has 0 saturated heterocycles. The van der Waals surface area contributed by atoms with E-state index in [0.717, 1.165) is 16.5 Å². The van der Waals surface area contributed by atoms with Gasteiger partial charge in [-0.1, -0.05) is 12.1 Å². The van der Waals surface area contributed by atoms with Gasteiger partial charge in [-0.25, -0.2) is 4.68 Å². The SMILES string of the molecule is Nn1c(Cc2ccc3ncccc3c2)n[nH]c1=S. The maximum absolute atomic E-state index is 5.77. The maximum atomic E-state index is 5.77. The van der Waals surface area contributed by atoms with Gasteiger partial charge in [0.05, 0.1) is 5.52 Å². The summed E-state index contributed by atoms with van der Waals surface area (Å²) in [6.45, 7) is 0. The van der Waals surface area contributed by atoms with Crippen molar-refractivity contribution in [2.24, 2.45) is 0 Å². The number of aromatic amines is 1. The molecule has 0 aliphatic rings. The molecule has 0 amide bonds. The number of nitrogens with two attached hydrogens (primary N) is 1. The zero-order chi connectivity index (χ0) is 12.5. The van der Waals surface area contributed by atoms with E-state index in [1.165, 1.54) is 4.68 Å². The van der Waals surface area contributed by atoms with Crippen molar-refractivity contribution in [1.29, 1.82) is 0 Å². The number of nitrogens with one attached hydrogen (secondary N) is 1. The minimum atomic E-state index is 0.424. The first kappa shape index (κ1) is 10.9. The molecule has 6 heteroatoms. The summed E-state index contributed by atoms with van der Waals surface area (Å²) in [6.07, 6.45) is 2.42. The molecule has 0 aliphatic carbocycles. The van der Waals surface area contributed by atoms with Crippen LogP contribution in [0, 0.1) is 4.77 Å². The summed E-state index contributed by atoms with van der Waals surface area (Å²) in [6, 6.07) is 10.1. The number of rotatable bonds is 2. The predicted molar refractivity (Wildman–Crippen MR) is 72.1 cm³/mol. The van der Waals surface area contributed by atoms with Crippen LogP contribution < -0.4 is 5.84 Å². The summed E-state index contributed by atoms with van der Waals surface area (Å²) >= 11 is 4.98. The third-order valence-corrected chi connectivity index (χ3v) is 3.10. The van der Waals surface area contributed by atoms with Gasteiger partial charge in [0, 0.05) is 18.0 Å². The molecule has 0 unspecified atom stereocenters. The summed E-state index contributed by atoms with van der Waals surface area (Å²) in [5.41, 5.74) is 2.10. The van der Waals surface area contributed by atoms with Crippen molar-refractivity contribution in [1.82, 2.24) is 19.9 Å². The lowest BCUT2D eigenvalue weighted by molar-refractivity contribution is 0.869. The number of nitrogen functional groups attached to an aromatic ring is 1. The Morgan fingerprint density at radius 1 is 1.33 bits per heavy atom. The van der Waals surface area contributed by atoms with Crippen LogP contribution in [0.15, 0.2) is 36.5 Å². The van der Waals surface area contributed by atoms with E-state index >= 15 is 0 Å². The van der Waals surface area contributed by atoms with Gasteiger partial charge in [-0.2, -0.15) is 5.10 Å². The Bertz CT molecular complexity index is 758. The van der Waals surface area contributed by atoms with E-state index in [4.69, 9.17) is 18.1 Å². The summed E-state index contributed by atoms with van der Waals surface area (Å²) in [5, 5.41) is 7.87. The lowest BCUT2D eigenvalue weighted by Gasteiger charge is -2.03. The Kier molecular flexibility index (Phi) is 2.56. The fraction of sp³-hybridized carbons (Fsp3) is 0.0833. The lowest BCUT2D eigenvalue weighted by Crippen LogP contribution is -2.13. The molecule has 0 atom stereocenters. The van der Waals surface area contributed by atoms with Gasteiger partial charge in [0.1, 0.15) is 0 Å². The second-order valence-electron chi connectivity index (χ2n) is 4.02. The van der Waals surface area contributed by atoms with Crippen molar-refractivity contribution < 1.29 is 0 Å². The molecule has 0 bridgehead atoms. The molecule has 2 heterocycles. The number of H-pyrrole nitrogens is 1. The van der Waals surface area contributed by atoms with Crippen molar-refractivity contribution in [3.63, 3.8) is 0 Å². The Morgan fingerprint density at radius 3 is 3.00 bits per heavy atom. The van der Waals surface area contributed by atoms with Gasteiger partial charge in [-0.05, 0) is 36.0 Å². The van der Waals surface area contributed by atoms with Gasteiger partial charge in [0.25, 0.3) is 0 Å². The monoisotopic (exact) mass is 257 g/mol. The molecule has 0 radical (unpaired) electrons. The highest BCUT2D eigenvalue weighted by Crippen LogP contribution is 2.15. The molecule has 0 fully saturated rings. The van der Waals surface area contributed by atoms with Gasteiger partial charge in [0.2, 0.25) is 4.77 Å². The zero-order valence-corrected chi connectivity index (χ0v) is 10.3. The van der Waals surface area contributed by atoms with E-state index in [1.54, 1.807) is 6.20 Å². The van der Waals surface area contributed by atoms with Crippen LogP contribution >= 0.6 is 12.2 Å². The molecule has 0 saturated carbocycles. The number of aromatic nitrogens is 4. The third kappa shape index (κ3) is 1.86. The van der Waals surface area contributed by atoms with Crippen molar-refractivity contribution in [2.45, 2.75) is 6.42 Å². The standard InChI is InChI=1S/C12H11N5S/c13-17-11(15-16-12(17)18)7-8-3-4-10-9(6-8)2-1-5-14-10/h1-6H,7,13H2,(H,16,18). The summed E-state index contributed by atoms with van der Waals surface area (Å²) in [4.78, 5) is 4.28. The van der Waals surface area contributed by atoms with E-state index in [-0.39, 0.29) is 0 Å². The first-order valence-corrected chi connectivity index (χ1v) is 5.90. The number of pyridine rings is 1. The third-order valence-electron chi connectivity index (χ3n) is 2.81. The number of fused-ring (bicyclic) bond motifs is 1. The van der Waals surface area contributed by atoms with Crippen LogP contribution in [0.5, 0.6) is 0 Å². The fourth-order valence-electron chi connectivity index (χ4n) is 1.88. The Morgan fingerprint density at radius 2 is 2.22 bits per heavy atom. The van der Waals surface area contributed by atoms with Crippen molar-refractivity contribution in [3.05, 3.63) is 52.7 Å². The lowest BCUT2D eigenvalue weighted by atomic mass is 10.1. The molecule has 3 N–H and O–H groups in total. The Labute approximate surface area is 108 Å². The van der Waals surface area contributed by atoms with Crippen molar-refractivity contribution in [3.8, 4) is 0 Å². The molecule has 5 nitrogen and oxygen atoms in total. The maximum Gasteiger partial charge on any atom is 0.214 e. The molecule has 3 aromatic rings. The zero-order valence-electron chi connectivity index (χ0n) is 9.50. The number of hydrogen-bond donors (Lipinski definition) is 2. The summed E-state index contributed by atoms with van der Waals surface area (Å²) in [7, 11) is 0. The minimum absolute atomic E-state index is 0.424. The second kappa shape index (κ2) is 4.23. The van der Waals surface area contributed by atoms with E-state index < -0.39 is 0 Å². The molecule has 18 heavy (non-hydrogen) atoms. The van der Waals surface area contributed by atoms with Crippen LogP contribution in [0.1, 0.15) is 11.4 Å². The van der Waals surface area contributed by atoms with Crippen LogP contribution in [0.2, 0.25) is 0 Å². The number of nitrogens with zero attached hydrogens (tertiary/aromatic N) is 3. The number of benzene rings is 1. The van der Waals surface area contributed by atoms with E-state index in [1.807, 2.05) is 24.3 Å². The first-order chi connectivity index (χ1) is 8.74. The predicted octanol–water partition coefficient (Wildman–Crippen LogP) is 1.79. The van der Waals surface area contributed by atoms with Crippen LogP contribution in [-0.2, 0) is 6.42 Å².